The van der Waals surface area contributed by atoms with E-state index in [9.17, 15) is 0 Å². The molecule has 0 spiro atoms. The second-order valence-corrected chi connectivity index (χ2v) is 7.18. The normalized spacial score (nSPS) is 19.7. The van der Waals surface area contributed by atoms with E-state index >= 15 is 0 Å². The average Bonchev–Trinajstić information content (AvgIpc) is 3.12. The summed E-state index contributed by atoms with van der Waals surface area (Å²) in [6.07, 6.45) is 0.893. The SMILES string of the molecule is c1ccc(N2CCc3c(OCC4COC4)nc(N4CCOCC4)nc32)cc1. The van der Waals surface area contributed by atoms with Crippen LogP contribution in [0, 0.1) is 5.92 Å². The molecular formula is C20H24N4O3. The Morgan fingerprint density at radius 1 is 1.00 bits per heavy atom. The Labute approximate surface area is 158 Å². The summed E-state index contributed by atoms with van der Waals surface area (Å²) in [5.74, 6) is 2.90. The summed E-state index contributed by atoms with van der Waals surface area (Å²) in [5, 5.41) is 0. The van der Waals surface area contributed by atoms with E-state index in [1.165, 1.54) is 0 Å². The van der Waals surface area contributed by atoms with Gasteiger partial charge in [-0.3, -0.25) is 0 Å². The van der Waals surface area contributed by atoms with Crippen molar-refractivity contribution >= 4 is 17.5 Å². The van der Waals surface area contributed by atoms with Crippen molar-refractivity contribution in [2.75, 3.05) is 62.5 Å². The number of morpholine rings is 1. The van der Waals surface area contributed by atoms with Crippen LogP contribution < -0.4 is 14.5 Å². The van der Waals surface area contributed by atoms with Crippen molar-refractivity contribution in [3.63, 3.8) is 0 Å². The van der Waals surface area contributed by atoms with E-state index < -0.39 is 0 Å². The summed E-state index contributed by atoms with van der Waals surface area (Å²) >= 11 is 0. The van der Waals surface area contributed by atoms with Crippen molar-refractivity contribution < 1.29 is 14.2 Å². The van der Waals surface area contributed by atoms with Gasteiger partial charge in [0.05, 0.1) is 38.6 Å². The van der Waals surface area contributed by atoms with Gasteiger partial charge >= 0.3 is 0 Å². The molecule has 1 aromatic heterocycles. The minimum absolute atomic E-state index is 0.467. The van der Waals surface area contributed by atoms with Gasteiger partial charge in [0.15, 0.2) is 0 Å². The average molecular weight is 368 g/mol. The van der Waals surface area contributed by atoms with Crippen molar-refractivity contribution in [3.8, 4) is 5.88 Å². The van der Waals surface area contributed by atoms with Gasteiger partial charge in [-0.25, -0.2) is 0 Å². The summed E-state index contributed by atoms with van der Waals surface area (Å²) < 4.78 is 16.9. The lowest BCUT2D eigenvalue weighted by atomic mass is 10.1. The first kappa shape index (κ1) is 16.8. The molecule has 0 radical (unpaired) electrons. The number of rotatable bonds is 5. The van der Waals surface area contributed by atoms with Crippen LogP contribution in [0.4, 0.5) is 17.5 Å². The molecule has 27 heavy (non-hydrogen) atoms. The summed E-state index contributed by atoms with van der Waals surface area (Å²) in [4.78, 5) is 14.2. The maximum Gasteiger partial charge on any atom is 0.230 e. The lowest BCUT2D eigenvalue weighted by molar-refractivity contribution is -0.0515. The van der Waals surface area contributed by atoms with Crippen molar-refractivity contribution in [2.45, 2.75) is 6.42 Å². The van der Waals surface area contributed by atoms with E-state index in [1.807, 2.05) is 6.07 Å². The molecule has 0 bridgehead atoms. The molecule has 2 saturated heterocycles. The van der Waals surface area contributed by atoms with Crippen LogP contribution in [0.5, 0.6) is 5.88 Å². The highest BCUT2D eigenvalue weighted by atomic mass is 16.5. The van der Waals surface area contributed by atoms with E-state index in [2.05, 4.69) is 34.1 Å². The van der Waals surface area contributed by atoms with Crippen molar-refractivity contribution in [3.05, 3.63) is 35.9 Å². The van der Waals surface area contributed by atoms with Gasteiger partial charge < -0.3 is 24.0 Å². The maximum atomic E-state index is 6.15. The fourth-order valence-electron chi connectivity index (χ4n) is 3.67. The molecule has 4 heterocycles. The number of para-hydroxylation sites is 1. The molecule has 7 nitrogen and oxygen atoms in total. The van der Waals surface area contributed by atoms with Gasteiger partial charge in [0.2, 0.25) is 11.8 Å². The number of benzene rings is 1. The summed E-state index contributed by atoms with van der Waals surface area (Å²) in [7, 11) is 0. The molecule has 0 unspecified atom stereocenters. The van der Waals surface area contributed by atoms with Gasteiger partial charge in [0.25, 0.3) is 0 Å². The molecule has 0 N–H and O–H groups in total. The monoisotopic (exact) mass is 368 g/mol. The highest BCUT2D eigenvalue weighted by Gasteiger charge is 2.30. The zero-order valence-corrected chi connectivity index (χ0v) is 15.3. The molecule has 2 fully saturated rings. The number of hydrogen-bond acceptors (Lipinski definition) is 7. The minimum Gasteiger partial charge on any atom is -0.477 e. The minimum atomic E-state index is 0.467. The molecule has 0 atom stereocenters. The highest BCUT2D eigenvalue weighted by molar-refractivity contribution is 5.69. The molecule has 3 aliphatic rings. The zero-order chi connectivity index (χ0) is 18.1. The number of hydrogen-bond donors (Lipinski definition) is 0. The van der Waals surface area contributed by atoms with Crippen LogP contribution in [0.3, 0.4) is 0 Å². The zero-order valence-electron chi connectivity index (χ0n) is 15.3. The van der Waals surface area contributed by atoms with Crippen molar-refractivity contribution in [1.82, 2.24) is 9.97 Å². The van der Waals surface area contributed by atoms with Crippen LogP contribution >= 0.6 is 0 Å². The van der Waals surface area contributed by atoms with Gasteiger partial charge in [-0.2, -0.15) is 9.97 Å². The molecule has 3 aliphatic heterocycles. The standard InChI is InChI=1S/C20H24N4O3/c1-2-4-16(5-3-1)24-7-6-17-18(24)21-20(23-8-10-25-11-9-23)22-19(17)27-14-15-12-26-13-15/h1-5,15H,6-14H2. The Kier molecular flexibility index (Phi) is 4.55. The number of anilines is 3. The topological polar surface area (TPSA) is 60.0 Å². The summed E-state index contributed by atoms with van der Waals surface area (Å²) in [6.45, 7) is 6.12. The smallest absolute Gasteiger partial charge is 0.230 e. The first-order valence-electron chi connectivity index (χ1n) is 9.65. The van der Waals surface area contributed by atoms with E-state index in [-0.39, 0.29) is 0 Å². The molecule has 0 saturated carbocycles. The molecule has 5 rings (SSSR count). The summed E-state index contributed by atoms with van der Waals surface area (Å²) in [6, 6.07) is 10.4. The summed E-state index contributed by atoms with van der Waals surface area (Å²) in [5.41, 5.74) is 2.26. The third-order valence-corrected chi connectivity index (χ3v) is 5.30. The van der Waals surface area contributed by atoms with E-state index in [1.54, 1.807) is 0 Å². The Balaban J connectivity index is 1.49. The number of ether oxygens (including phenoxy) is 3. The predicted molar refractivity (Wildman–Crippen MR) is 102 cm³/mol. The van der Waals surface area contributed by atoms with Crippen LogP contribution in [0.15, 0.2) is 30.3 Å². The van der Waals surface area contributed by atoms with Crippen LogP contribution in [0.25, 0.3) is 0 Å². The predicted octanol–water partition coefficient (Wildman–Crippen LogP) is 2.03. The molecule has 7 heteroatoms. The largest absolute Gasteiger partial charge is 0.477 e. The fourth-order valence-corrected chi connectivity index (χ4v) is 3.67. The lowest BCUT2D eigenvalue weighted by Crippen LogP contribution is -2.37. The van der Waals surface area contributed by atoms with Crippen LogP contribution in [-0.4, -0.2) is 62.6 Å². The van der Waals surface area contributed by atoms with Gasteiger partial charge in [0, 0.05) is 31.2 Å². The molecule has 0 aliphatic carbocycles. The molecule has 142 valence electrons. The van der Waals surface area contributed by atoms with Crippen LogP contribution in [0.1, 0.15) is 5.56 Å². The molecule has 0 amide bonds. The van der Waals surface area contributed by atoms with Crippen molar-refractivity contribution in [1.29, 1.82) is 0 Å². The quantitative estimate of drug-likeness (QED) is 0.800. The lowest BCUT2D eigenvalue weighted by Gasteiger charge is -2.29. The van der Waals surface area contributed by atoms with Gasteiger partial charge in [-0.15, -0.1) is 0 Å². The maximum absolute atomic E-state index is 6.15. The number of fused-ring (bicyclic) bond motifs is 1. The fraction of sp³-hybridized carbons (Fsp3) is 0.500. The van der Waals surface area contributed by atoms with Crippen molar-refractivity contribution in [2.24, 2.45) is 5.92 Å². The first-order chi connectivity index (χ1) is 13.4. The highest BCUT2D eigenvalue weighted by Crippen LogP contribution is 2.38. The van der Waals surface area contributed by atoms with E-state index in [0.29, 0.717) is 25.7 Å². The second kappa shape index (κ2) is 7.32. The van der Waals surface area contributed by atoms with Gasteiger partial charge in [0.1, 0.15) is 5.82 Å². The molecular weight excluding hydrogens is 344 g/mol. The van der Waals surface area contributed by atoms with Gasteiger partial charge in [-0.05, 0) is 18.6 Å². The number of nitrogens with zero attached hydrogens (tertiary/aromatic N) is 4. The third-order valence-electron chi connectivity index (χ3n) is 5.30. The van der Waals surface area contributed by atoms with Gasteiger partial charge in [-0.1, -0.05) is 18.2 Å². The Morgan fingerprint density at radius 2 is 1.81 bits per heavy atom. The van der Waals surface area contributed by atoms with E-state index in [4.69, 9.17) is 24.2 Å². The third kappa shape index (κ3) is 3.33. The Hall–Kier alpha value is -2.38. The second-order valence-electron chi connectivity index (χ2n) is 7.18. The molecule has 1 aromatic carbocycles. The van der Waals surface area contributed by atoms with Crippen LogP contribution in [0.2, 0.25) is 0 Å². The Bertz CT molecular complexity index is 791. The van der Waals surface area contributed by atoms with Crippen LogP contribution in [-0.2, 0) is 15.9 Å². The first-order valence-corrected chi connectivity index (χ1v) is 9.65. The Morgan fingerprint density at radius 3 is 2.56 bits per heavy atom. The van der Waals surface area contributed by atoms with E-state index in [0.717, 1.165) is 68.2 Å². The molecule has 2 aromatic rings. The number of aromatic nitrogens is 2.